The Morgan fingerprint density at radius 1 is 1.21 bits per heavy atom. The summed E-state index contributed by atoms with van der Waals surface area (Å²) in [6.45, 7) is 2.88. The first-order valence-electron chi connectivity index (χ1n) is 6.67. The van der Waals surface area contributed by atoms with Crippen molar-refractivity contribution in [3.63, 3.8) is 0 Å². The lowest BCUT2D eigenvalue weighted by Gasteiger charge is -2.22. The molecule has 1 amide bonds. The third-order valence-corrected chi connectivity index (χ3v) is 3.27. The monoisotopic (exact) mass is 261 g/mol. The molecule has 1 aromatic carbocycles. The molecular formula is C15H19NO3. The number of rotatable bonds is 4. The first-order chi connectivity index (χ1) is 9.16. The minimum atomic E-state index is -0.696. The van der Waals surface area contributed by atoms with Gasteiger partial charge in [0.2, 0.25) is 0 Å². The molecule has 0 aromatic heterocycles. The third-order valence-electron chi connectivity index (χ3n) is 3.27. The molecule has 102 valence electrons. The van der Waals surface area contributed by atoms with Crippen LogP contribution in [-0.2, 0) is 20.7 Å². The number of nitrogens with zero attached hydrogens (tertiary/aromatic N) is 1. The van der Waals surface area contributed by atoms with E-state index in [1.165, 1.54) is 6.92 Å². The fourth-order valence-electron chi connectivity index (χ4n) is 2.35. The van der Waals surface area contributed by atoms with Crippen molar-refractivity contribution in [2.45, 2.75) is 32.3 Å². The van der Waals surface area contributed by atoms with Crippen molar-refractivity contribution in [2.75, 3.05) is 13.1 Å². The molecule has 1 unspecified atom stereocenters. The highest BCUT2D eigenvalue weighted by molar-refractivity contribution is 5.84. The minimum absolute atomic E-state index is 0.0726. The summed E-state index contributed by atoms with van der Waals surface area (Å²) in [5.74, 6) is -0.481. The molecule has 4 heteroatoms. The smallest absolute Gasteiger partial charge is 0.303 e. The van der Waals surface area contributed by atoms with Gasteiger partial charge in [-0.15, -0.1) is 0 Å². The standard InChI is InChI=1S/C15H19NO3/c1-12(17)19-14(11-13-7-3-2-4-8-13)15(18)16-9-5-6-10-16/h2-4,7-8,14H,5-6,9-11H2,1H3. The number of hydrogen-bond acceptors (Lipinski definition) is 3. The van der Waals surface area contributed by atoms with Crippen LogP contribution < -0.4 is 0 Å². The first-order valence-corrected chi connectivity index (χ1v) is 6.67. The Labute approximate surface area is 113 Å². The SMILES string of the molecule is CC(=O)OC(Cc1ccccc1)C(=O)N1CCCC1. The number of amides is 1. The molecule has 0 spiro atoms. The second kappa shape index (κ2) is 6.36. The van der Waals surface area contributed by atoms with E-state index in [0.29, 0.717) is 6.42 Å². The highest BCUT2D eigenvalue weighted by Gasteiger charge is 2.28. The van der Waals surface area contributed by atoms with Gasteiger partial charge in [-0.25, -0.2) is 0 Å². The van der Waals surface area contributed by atoms with Crippen LogP contribution in [0.5, 0.6) is 0 Å². The van der Waals surface area contributed by atoms with Crippen molar-refractivity contribution in [1.29, 1.82) is 0 Å². The second-order valence-corrected chi connectivity index (χ2v) is 4.82. The maximum Gasteiger partial charge on any atom is 0.303 e. The van der Waals surface area contributed by atoms with Gasteiger partial charge in [0, 0.05) is 26.4 Å². The van der Waals surface area contributed by atoms with Crippen LogP contribution in [-0.4, -0.2) is 36.0 Å². The molecule has 0 aliphatic carbocycles. The molecule has 0 saturated carbocycles. The normalized spacial score (nSPS) is 16.2. The van der Waals surface area contributed by atoms with Gasteiger partial charge in [-0.05, 0) is 18.4 Å². The molecule has 1 atom stereocenters. The molecule has 1 aliphatic heterocycles. The summed E-state index contributed by atoms with van der Waals surface area (Å²) >= 11 is 0. The van der Waals surface area contributed by atoms with E-state index in [4.69, 9.17) is 4.74 Å². The number of carbonyl (C=O) groups is 2. The van der Waals surface area contributed by atoms with Gasteiger partial charge in [0.05, 0.1) is 0 Å². The van der Waals surface area contributed by atoms with Crippen molar-refractivity contribution in [3.05, 3.63) is 35.9 Å². The fourth-order valence-corrected chi connectivity index (χ4v) is 2.35. The van der Waals surface area contributed by atoms with E-state index in [1.54, 1.807) is 4.90 Å². The van der Waals surface area contributed by atoms with Gasteiger partial charge < -0.3 is 9.64 Å². The number of ether oxygens (including phenoxy) is 1. The molecule has 2 rings (SSSR count). The molecule has 19 heavy (non-hydrogen) atoms. The average Bonchev–Trinajstić information content (AvgIpc) is 2.91. The molecule has 1 saturated heterocycles. The van der Waals surface area contributed by atoms with E-state index in [-0.39, 0.29) is 5.91 Å². The summed E-state index contributed by atoms with van der Waals surface area (Å²) in [4.78, 5) is 25.3. The van der Waals surface area contributed by atoms with Crippen LogP contribution in [0.2, 0.25) is 0 Å². The van der Waals surface area contributed by atoms with Crippen LogP contribution in [0, 0.1) is 0 Å². The number of hydrogen-bond donors (Lipinski definition) is 0. The Bertz CT molecular complexity index is 438. The molecular weight excluding hydrogens is 242 g/mol. The van der Waals surface area contributed by atoms with Crippen LogP contribution in [0.3, 0.4) is 0 Å². The van der Waals surface area contributed by atoms with Crippen LogP contribution in [0.15, 0.2) is 30.3 Å². The van der Waals surface area contributed by atoms with E-state index >= 15 is 0 Å². The lowest BCUT2D eigenvalue weighted by molar-refractivity contribution is -0.158. The topological polar surface area (TPSA) is 46.6 Å². The van der Waals surface area contributed by atoms with E-state index in [9.17, 15) is 9.59 Å². The lowest BCUT2D eigenvalue weighted by Crippen LogP contribution is -2.40. The molecule has 1 aromatic rings. The molecule has 1 aliphatic rings. The quantitative estimate of drug-likeness (QED) is 0.776. The zero-order chi connectivity index (χ0) is 13.7. The first kappa shape index (κ1) is 13.6. The van der Waals surface area contributed by atoms with Crippen molar-refractivity contribution in [2.24, 2.45) is 0 Å². The second-order valence-electron chi connectivity index (χ2n) is 4.82. The Morgan fingerprint density at radius 2 is 1.84 bits per heavy atom. The van der Waals surface area contributed by atoms with Gasteiger partial charge in [0.25, 0.3) is 5.91 Å². The molecule has 0 bridgehead atoms. The highest BCUT2D eigenvalue weighted by Crippen LogP contribution is 2.14. The molecule has 1 heterocycles. The Balaban J connectivity index is 2.06. The van der Waals surface area contributed by atoms with E-state index in [0.717, 1.165) is 31.5 Å². The van der Waals surface area contributed by atoms with Gasteiger partial charge in [0.1, 0.15) is 0 Å². The Hall–Kier alpha value is -1.84. The summed E-state index contributed by atoms with van der Waals surface area (Å²) in [6.07, 6.45) is 1.81. The van der Waals surface area contributed by atoms with Crippen LogP contribution in [0.1, 0.15) is 25.3 Å². The Kier molecular flexibility index (Phi) is 4.55. The van der Waals surface area contributed by atoms with Crippen molar-refractivity contribution < 1.29 is 14.3 Å². The number of esters is 1. The van der Waals surface area contributed by atoms with Gasteiger partial charge in [0.15, 0.2) is 6.10 Å². The predicted octanol–water partition coefficient (Wildman–Crippen LogP) is 1.78. The summed E-state index contributed by atoms with van der Waals surface area (Å²) in [5, 5.41) is 0. The fraction of sp³-hybridized carbons (Fsp3) is 0.467. The zero-order valence-corrected chi connectivity index (χ0v) is 11.2. The van der Waals surface area contributed by atoms with E-state index in [2.05, 4.69) is 0 Å². The van der Waals surface area contributed by atoms with E-state index in [1.807, 2.05) is 30.3 Å². The van der Waals surface area contributed by atoms with Crippen molar-refractivity contribution in [1.82, 2.24) is 4.90 Å². The van der Waals surface area contributed by atoms with Gasteiger partial charge in [-0.2, -0.15) is 0 Å². The van der Waals surface area contributed by atoms with E-state index < -0.39 is 12.1 Å². The summed E-state index contributed by atoms with van der Waals surface area (Å²) < 4.78 is 5.20. The minimum Gasteiger partial charge on any atom is -0.452 e. The van der Waals surface area contributed by atoms with Gasteiger partial charge in [-0.1, -0.05) is 30.3 Å². The third kappa shape index (κ3) is 3.81. The maximum absolute atomic E-state index is 12.3. The van der Waals surface area contributed by atoms with Crippen LogP contribution >= 0.6 is 0 Å². The highest BCUT2D eigenvalue weighted by atomic mass is 16.5. The molecule has 0 radical (unpaired) electrons. The summed E-state index contributed by atoms with van der Waals surface area (Å²) in [6, 6.07) is 9.63. The van der Waals surface area contributed by atoms with Crippen LogP contribution in [0.4, 0.5) is 0 Å². The predicted molar refractivity (Wildman–Crippen MR) is 71.5 cm³/mol. The zero-order valence-electron chi connectivity index (χ0n) is 11.2. The van der Waals surface area contributed by atoms with Gasteiger partial charge in [-0.3, -0.25) is 9.59 Å². The number of carbonyl (C=O) groups excluding carboxylic acids is 2. The number of likely N-dealkylation sites (tertiary alicyclic amines) is 1. The van der Waals surface area contributed by atoms with Crippen LogP contribution in [0.25, 0.3) is 0 Å². The molecule has 0 N–H and O–H groups in total. The Morgan fingerprint density at radius 3 is 2.42 bits per heavy atom. The molecule has 1 fully saturated rings. The van der Waals surface area contributed by atoms with Crippen molar-refractivity contribution >= 4 is 11.9 Å². The van der Waals surface area contributed by atoms with Crippen molar-refractivity contribution in [3.8, 4) is 0 Å². The summed E-state index contributed by atoms with van der Waals surface area (Å²) in [5.41, 5.74) is 1.00. The largest absolute Gasteiger partial charge is 0.452 e. The average molecular weight is 261 g/mol. The summed E-state index contributed by atoms with van der Waals surface area (Å²) in [7, 11) is 0. The lowest BCUT2D eigenvalue weighted by atomic mass is 10.1. The molecule has 4 nitrogen and oxygen atoms in total. The maximum atomic E-state index is 12.3. The van der Waals surface area contributed by atoms with Gasteiger partial charge >= 0.3 is 5.97 Å². The number of benzene rings is 1.